The summed E-state index contributed by atoms with van der Waals surface area (Å²) >= 11 is 0. The standard InChI is InChI=1S/C11H15N3O3/c1-12-5-2-6-13-10(15)8-3-4-9(11(16)17)14-7-8/h3-4,7,12H,2,5-6H2,1H3,(H,13,15)(H,16,17). The zero-order valence-corrected chi connectivity index (χ0v) is 9.56. The van der Waals surface area contributed by atoms with Gasteiger partial charge < -0.3 is 15.7 Å². The van der Waals surface area contributed by atoms with Crippen molar-refractivity contribution < 1.29 is 14.7 Å². The number of pyridine rings is 1. The van der Waals surface area contributed by atoms with Gasteiger partial charge in [0.1, 0.15) is 5.69 Å². The smallest absolute Gasteiger partial charge is 0.354 e. The van der Waals surface area contributed by atoms with Crippen LogP contribution in [-0.4, -0.2) is 42.1 Å². The Kier molecular flexibility index (Phi) is 5.09. The Morgan fingerprint density at radius 2 is 2.12 bits per heavy atom. The third-order valence-electron chi connectivity index (χ3n) is 2.13. The number of rotatable bonds is 6. The van der Waals surface area contributed by atoms with Gasteiger partial charge in [-0.1, -0.05) is 0 Å². The molecule has 1 aromatic heterocycles. The number of nitrogens with zero attached hydrogens (tertiary/aromatic N) is 1. The van der Waals surface area contributed by atoms with E-state index in [9.17, 15) is 9.59 Å². The molecule has 1 rings (SSSR count). The van der Waals surface area contributed by atoms with E-state index in [1.165, 1.54) is 18.3 Å². The minimum Gasteiger partial charge on any atom is -0.477 e. The van der Waals surface area contributed by atoms with Gasteiger partial charge in [0.05, 0.1) is 5.56 Å². The van der Waals surface area contributed by atoms with Crippen LogP contribution in [0.25, 0.3) is 0 Å². The van der Waals surface area contributed by atoms with Crippen molar-refractivity contribution in [2.24, 2.45) is 0 Å². The minimum atomic E-state index is -1.11. The van der Waals surface area contributed by atoms with Crippen LogP contribution in [0.3, 0.4) is 0 Å². The molecule has 0 radical (unpaired) electrons. The van der Waals surface area contributed by atoms with E-state index in [-0.39, 0.29) is 11.6 Å². The van der Waals surface area contributed by atoms with Gasteiger partial charge in [-0.2, -0.15) is 0 Å². The molecule has 0 saturated heterocycles. The first kappa shape index (κ1) is 13.1. The lowest BCUT2D eigenvalue weighted by atomic mass is 10.2. The maximum Gasteiger partial charge on any atom is 0.354 e. The Morgan fingerprint density at radius 3 is 2.65 bits per heavy atom. The van der Waals surface area contributed by atoms with Gasteiger partial charge in [-0.15, -0.1) is 0 Å². The average molecular weight is 237 g/mol. The summed E-state index contributed by atoms with van der Waals surface area (Å²) in [6, 6.07) is 2.76. The predicted octanol–water partition coefficient (Wildman–Crippen LogP) is 0.119. The molecule has 0 aliphatic rings. The van der Waals surface area contributed by atoms with Crippen molar-refractivity contribution in [1.29, 1.82) is 0 Å². The number of aromatic nitrogens is 1. The SMILES string of the molecule is CNCCCNC(=O)c1ccc(C(=O)O)nc1. The number of aromatic carboxylic acids is 1. The molecule has 0 spiro atoms. The lowest BCUT2D eigenvalue weighted by Gasteiger charge is -2.04. The number of hydrogen-bond acceptors (Lipinski definition) is 4. The van der Waals surface area contributed by atoms with Crippen molar-refractivity contribution in [1.82, 2.24) is 15.6 Å². The molecule has 0 saturated carbocycles. The molecule has 1 amide bonds. The molecule has 92 valence electrons. The molecule has 0 unspecified atom stereocenters. The number of carboxylic acids is 1. The van der Waals surface area contributed by atoms with Crippen LogP contribution in [0, 0.1) is 0 Å². The van der Waals surface area contributed by atoms with Crippen LogP contribution in [0.15, 0.2) is 18.3 Å². The van der Waals surface area contributed by atoms with E-state index in [0.717, 1.165) is 13.0 Å². The zero-order chi connectivity index (χ0) is 12.7. The van der Waals surface area contributed by atoms with Crippen LogP contribution in [0.5, 0.6) is 0 Å². The van der Waals surface area contributed by atoms with E-state index < -0.39 is 5.97 Å². The average Bonchev–Trinajstić information content (AvgIpc) is 2.34. The summed E-state index contributed by atoms with van der Waals surface area (Å²) in [5, 5.41) is 14.3. The molecular formula is C11H15N3O3. The van der Waals surface area contributed by atoms with E-state index in [1.54, 1.807) is 0 Å². The van der Waals surface area contributed by atoms with Crippen LogP contribution in [0.1, 0.15) is 27.3 Å². The predicted molar refractivity (Wildman–Crippen MR) is 62.1 cm³/mol. The quantitative estimate of drug-likeness (QED) is 0.611. The maximum absolute atomic E-state index is 11.6. The first-order valence-electron chi connectivity index (χ1n) is 5.27. The van der Waals surface area contributed by atoms with E-state index in [2.05, 4.69) is 15.6 Å². The summed E-state index contributed by atoms with van der Waals surface area (Å²) in [5.74, 6) is -1.35. The number of amides is 1. The summed E-state index contributed by atoms with van der Waals surface area (Å²) in [6.07, 6.45) is 2.10. The van der Waals surface area contributed by atoms with Gasteiger partial charge in [0, 0.05) is 12.7 Å². The molecule has 0 fully saturated rings. The maximum atomic E-state index is 11.6. The Bertz CT molecular complexity index is 389. The van der Waals surface area contributed by atoms with Crippen molar-refractivity contribution in [2.75, 3.05) is 20.1 Å². The molecule has 6 nitrogen and oxygen atoms in total. The van der Waals surface area contributed by atoms with Gasteiger partial charge in [0.2, 0.25) is 0 Å². The van der Waals surface area contributed by atoms with Crippen LogP contribution < -0.4 is 10.6 Å². The van der Waals surface area contributed by atoms with Crippen molar-refractivity contribution in [2.45, 2.75) is 6.42 Å². The number of carbonyl (C=O) groups is 2. The molecule has 1 heterocycles. The van der Waals surface area contributed by atoms with Gasteiger partial charge >= 0.3 is 5.97 Å². The molecule has 0 atom stereocenters. The number of hydrogen-bond donors (Lipinski definition) is 3. The van der Waals surface area contributed by atoms with Crippen molar-refractivity contribution in [3.63, 3.8) is 0 Å². The molecule has 0 bridgehead atoms. The first-order valence-corrected chi connectivity index (χ1v) is 5.27. The van der Waals surface area contributed by atoms with Crippen LogP contribution in [0.4, 0.5) is 0 Å². The molecular weight excluding hydrogens is 222 g/mol. The summed E-state index contributed by atoms with van der Waals surface area (Å²) in [5.41, 5.74) is 0.288. The summed E-state index contributed by atoms with van der Waals surface area (Å²) < 4.78 is 0. The highest BCUT2D eigenvalue weighted by Crippen LogP contribution is 2.00. The topological polar surface area (TPSA) is 91.3 Å². The second-order valence-corrected chi connectivity index (χ2v) is 3.45. The highest BCUT2D eigenvalue weighted by atomic mass is 16.4. The van der Waals surface area contributed by atoms with Gasteiger partial charge in [-0.25, -0.2) is 9.78 Å². The zero-order valence-electron chi connectivity index (χ0n) is 9.56. The largest absolute Gasteiger partial charge is 0.477 e. The Morgan fingerprint density at radius 1 is 1.35 bits per heavy atom. The van der Waals surface area contributed by atoms with Gasteiger partial charge in [0.25, 0.3) is 5.91 Å². The highest BCUT2D eigenvalue weighted by Gasteiger charge is 2.08. The second-order valence-electron chi connectivity index (χ2n) is 3.45. The molecule has 17 heavy (non-hydrogen) atoms. The molecule has 1 aromatic rings. The van der Waals surface area contributed by atoms with E-state index in [0.29, 0.717) is 12.1 Å². The fourth-order valence-corrected chi connectivity index (χ4v) is 1.22. The summed E-state index contributed by atoms with van der Waals surface area (Å²) in [7, 11) is 1.84. The fraction of sp³-hybridized carbons (Fsp3) is 0.364. The van der Waals surface area contributed by atoms with Gasteiger partial charge in [0.15, 0.2) is 0 Å². The molecule has 6 heteroatoms. The lowest BCUT2D eigenvalue weighted by Crippen LogP contribution is -2.26. The normalized spacial score (nSPS) is 9.94. The minimum absolute atomic E-state index is 0.0725. The molecule has 0 aliphatic carbocycles. The van der Waals surface area contributed by atoms with Crippen molar-refractivity contribution in [3.8, 4) is 0 Å². The van der Waals surface area contributed by atoms with E-state index in [4.69, 9.17) is 5.11 Å². The van der Waals surface area contributed by atoms with Crippen LogP contribution in [0.2, 0.25) is 0 Å². The second kappa shape index (κ2) is 6.59. The summed E-state index contributed by atoms with van der Waals surface area (Å²) in [4.78, 5) is 25.8. The van der Waals surface area contributed by atoms with E-state index in [1.807, 2.05) is 7.05 Å². The third-order valence-corrected chi connectivity index (χ3v) is 2.13. The van der Waals surface area contributed by atoms with Crippen LogP contribution >= 0.6 is 0 Å². The number of nitrogens with one attached hydrogen (secondary N) is 2. The third kappa shape index (κ3) is 4.20. The number of carbonyl (C=O) groups excluding carboxylic acids is 1. The Balaban J connectivity index is 2.49. The lowest BCUT2D eigenvalue weighted by molar-refractivity contribution is 0.0689. The van der Waals surface area contributed by atoms with Crippen molar-refractivity contribution in [3.05, 3.63) is 29.6 Å². The first-order chi connectivity index (χ1) is 8.15. The highest BCUT2D eigenvalue weighted by molar-refractivity contribution is 5.94. The van der Waals surface area contributed by atoms with E-state index >= 15 is 0 Å². The van der Waals surface area contributed by atoms with Crippen molar-refractivity contribution >= 4 is 11.9 Å². The summed E-state index contributed by atoms with van der Waals surface area (Å²) in [6.45, 7) is 1.40. The number of carboxylic acid groups (broad SMARTS) is 1. The Hall–Kier alpha value is -1.95. The van der Waals surface area contributed by atoms with Gasteiger partial charge in [-0.05, 0) is 32.1 Å². The fourth-order valence-electron chi connectivity index (χ4n) is 1.22. The molecule has 0 aromatic carbocycles. The monoisotopic (exact) mass is 237 g/mol. The van der Waals surface area contributed by atoms with Gasteiger partial charge in [-0.3, -0.25) is 4.79 Å². The molecule has 3 N–H and O–H groups in total. The molecule has 0 aliphatic heterocycles. The Labute approximate surface area is 99.1 Å². The van der Waals surface area contributed by atoms with Crippen LogP contribution in [-0.2, 0) is 0 Å².